The van der Waals surface area contributed by atoms with E-state index in [-0.39, 0.29) is 15.8 Å². The number of carbonyl (C=O) groups excluding carboxylic acids is 1. The minimum atomic E-state index is -4.16. The Hall–Kier alpha value is -4.15. The molecule has 0 fully saturated rings. The normalized spacial score (nSPS) is 11.5. The van der Waals surface area contributed by atoms with Gasteiger partial charge >= 0.3 is 0 Å². The van der Waals surface area contributed by atoms with Crippen molar-refractivity contribution in [2.24, 2.45) is 5.10 Å². The molecule has 0 aliphatic carbocycles. The summed E-state index contributed by atoms with van der Waals surface area (Å²) in [6, 6.07) is 20.1. The number of halogens is 1. The highest BCUT2D eigenvalue weighted by Gasteiger charge is 2.28. The lowest BCUT2D eigenvalue weighted by Gasteiger charge is -2.24. The molecule has 1 heterocycles. The lowest BCUT2D eigenvalue weighted by atomic mass is 10.1. The van der Waals surface area contributed by atoms with Gasteiger partial charge < -0.3 is 9.47 Å². The summed E-state index contributed by atoms with van der Waals surface area (Å²) in [7, 11) is -1.30. The van der Waals surface area contributed by atoms with Crippen molar-refractivity contribution in [3.05, 3.63) is 89.1 Å². The first-order valence-electron chi connectivity index (χ1n) is 11.4. The third-order valence-electron chi connectivity index (χ3n) is 5.62. The molecular weight excluding hydrogens is 528 g/mol. The summed E-state index contributed by atoms with van der Waals surface area (Å²) in [5.74, 6) is -0.0388. The largest absolute Gasteiger partial charge is 0.493 e. The maximum Gasteiger partial charge on any atom is 0.264 e. The number of pyridine rings is 1. The average Bonchev–Trinajstić information content (AvgIpc) is 2.92. The molecule has 0 spiro atoms. The van der Waals surface area contributed by atoms with Crippen LogP contribution >= 0.6 is 11.6 Å². The van der Waals surface area contributed by atoms with E-state index in [4.69, 9.17) is 21.1 Å². The van der Waals surface area contributed by atoms with E-state index < -0.39 is 22.5 Å². The molecule has 0 unspecified atom stereocenters. The highest BCUT2D eigenvalue weighted by Crippen LogP contribution is 2.32. The SMILES string of the molecule is COc1ccc(S(=O)(=O)N(CC(=O)N/N=C\c2cc3ccc(C)cc3nc2Cl)c2ccccc2)cc1OC. The minimum absolute atomic E-state index is 0.0699. The quantitative estimate of drug-likeness (QED) is 0.185. The summed E-state index contributed by atoms with van der Waals surface area (Å²) in [5, 5.41) is 5.06. The van der Waals surface area contributed by atoms with Crippen molar-refractivity contribution in [1.29, 1.82) is 0 Å². The summed E-state index contributed by atoms with van der Waals surface area (Å²) in [6.07, 6.45) is 1.36. The highest BCUT2D eigenvalue weighted by molar-refractivity contribution is 7.92. The van der Waals surface area contributed by atoms with Crippen LogP contribution in [0.3, 0.4) is 0 Å². The summed E-state index contributed by atoms with van der Waals surface area (Å²) in [5.41, 5.74) is 4.98. The smallest absolute Gasteiger partial charge is 0.264 e. The summed E-state index contributed by atoms with van der Waals surface area (Å²) < 4.78 is 38.7. The van der Waals surface area contributed by atoms with Crippen LogP contribution in [0.25, 0.3) is 10.9 Å². The Bertz CT molecular complexity index is 1610. The van der Waals surface area contributed by atoms with Crippen LogP contribution in [0, 0.1) is 6.92 Å². The third-order valence-corrected chi connectivity index (χ3v) is 7.69. The van der Waals surface area contributed by atoms with Gasteiger partial charge in [0.2, 0.25) is 0 Å². The number of aromatic nitrogens is 1. The molecule has 38 heavy (non-hydrogen) atoms. The van der Waals surface area contributed by atoms with Crippen LogP contribution in [0.15, 0.2) is 82.8 Å². The lowest BCUT2D eigenvalue weighted by molar-refractivity contribution is -0.119. The molecular formula is C27H25ClN4O5S. The molecule has 0 bridgehead atoms. The van der Waals surface area contributed by atoms with Crippen LogP contribution < -0.4 is 19.2 Å². The molecule has 1 aromatic heterocycles. The molecule has 1 amide bonds. The van der Waals surface area contributed by atoms with Crippen LogP contribution in [0.2, 0.25) is 5.15 Å². The lowest BCUT2D eigenvalue weighted by Crippen LogP contribution is -2.39. The highest BCUT2D eigenvalue weighted by atomic mass is 35.5. The number of carbonyl (C=O) groups is 1. The Balaban J connectivity index is 1.57. The molecule has 0 atom stereocenters. The second kappa shape index (κ2) is 11.5. The molecule has 0 radical (unpaired) electrons. The molecule has 0 aliphatic heterocycles. The van der Waals surface area contributed by atoms with Gasteiger partial charge in [-0.05, 0) is 48.9 Å². The number of nitrogens with one attached hydrogen (secondary N) is 1. The van der Waals surface area contributed by atoms with Crippen molar-refractivity contribution in [2.45, 2.75) is 11.8 Å². The fourth-order valence-corrected chi connectivity index (χ4v) is 5.34. The number of ether oxygens (including phenoxy) is 2. The molecule has 4 aromatic rings. The van der Waals surface area contributed by atoms with Gasteiger partial charge in [-0.3, -0.25) is 9.10 Å². The van der Waals surface area contributed by atoms with E-state index in [1.54, 1.807) is 36.4 Å². The number of hydrogen-bond acceptors (Lipinski definition) is 7. The first-order chi connectivity index (χ1) is 18.2. The summed E-state index contributed by atoms with van der Waals surface area (Å²) in [4.78, 5) is 17.1. The number of fused-ring (bicyclic) bond motifs is 1. The standard InChI is InChI=1S/C27H25ClN4O5S/c1-18-9-10-19-14-20(27(28)30-23(19)13-18)16-29-31-26(33)17-32(21-7-5-4-6-8-21)38(34,35)22-11-12-24(36-2)25(15-22)37-3/h4-16H,17H2,1-3H3,(H,31,33)/b29-16-. The first-order valence-corrected chi connectivity index (χ1v) is 13.2. The molecule has 0 saturated heterocycles. The van der Waals surface area contributed by atoms with Crippen molar-refractivity contribution in [3.8, 4) is 11.5 Å². The van der Waals surface area contributed by atoms with E-state index in [2.05, 4.69) is 15.5 Å². The number of sulfonamides is 1. The number of rotatable bonds is 9. The first kappa shape index (κ1) is 26.9. The fraction of sp³-hybridized carbons (Fsp3) is 0.148. The summed E-state index contributed by atoms with van der Waals surface area (Å²) in [6.45, 7) is 1.44. The van der Waals surface area contributed by atoms with Crippen LogP contribution in [0.1, 0.15) is 11.1 Å². The van der Waals surface area contributed by atoms with Crippen LogP contribution in [0.4, 0.5) is 5.69 Å². The number of amides is 1. The van der Waals surface area contributed by atoms with Gasteiger partial charge in [0.1, 0.15) is 11.7 Å². The molecule has 11 heteroatoms. The summed E-state index contributed by atoms with van der Waals surface area (Å²) >= 11 is 6.29. The van der Waals surface area contributed by atoms with E-state index in [0.717, 1.165) is 20.8 Å². The number of hydrogen-bond donors (Lipinski definition) is 1. The van der Waals surface area contributed by atoms with Crippen molar-refractivity contribution in [1.82, 2.24) is 10.4 Å². The van der Waals surface area contributed by atoms with Crippen LogP contribution in [-0.4, -0.2) is 46.3 Å². The molecule has 0 aliphatic rings. The molecule has 3 aromatic carbocycles. The van der Waals surface area contributed by atoms with Crippen molar-refractivity contribution < 1.29 is 22.7 Å². The average molecular weight is 553 g/mol. The van der Waals surface area contributed by atoms with Gasteiger partial charge in [-0.15, -0.1) is 0 Å². The van der Waals surface area contributed by atoms with E-state index >= 15 is 0 Å². The van der Waals surface area contributed by atoms with Gasteiger partial charge in [0.05, 0.1) is 36.5 Å². The second-order valence-corrected chi connectivity index (χ2v) is 10.4. The van der Waals surface area contributed by atoms with Crippen LogP contribution in [0.5, 0.6) is 11.5 Å². The number of aryl methyl sites for hydroxylation is 1. The van der Waals surface area contributed by atoms with E-state index in [0.29, 0.717) is 17.0 Å². The Morgan fingerprint density at radius 2 is 1.76 bits per heavy atom. The number of nitrogens with zero attached hydrogens (tertiary/aromatic N) is 3. The number of methoxy groups -OCH3 is 2. The molecule has 0 saturated carbocycles. The Morgan fingerprint density at radius 1 is 1.03 bits per heavy atom. The monoisotopic (exact) mass is 552 g/mol. The van der Waals surface area contributed by atoms with Crippen molar-refractivity contribution in [3.63, 3.8) is 0 Å². The predicted molar refractivity (Wildman–Crippen MR) is 148 cm³/mol. The van der Waals surface area contributed by atoms with Gasteiger partial charge in [-0.25, -0.2) is 18.8 Å². The second-order valence-electron chi connectivity index (χ2n) is 8.22. The van der Waals surface area contributed by atoms with Gasteiger partial charge in [-0.1, -0.05) is 41.9 Å². The van der Waals surface area contributed by atoms with Gasteiger partial charge in [-0.2, -0.15) is 5.10 Å². The Kier molecular flexibility index (Phi) is 8.13. The minimum Gasteiger partial charge on any atom is -0.493 e. The predicted octanol–water partition coefficient (Wildman–Crippen LogP) is 4.56. The maximum atomic E-state index is 13.6. The molecule has 4 rings (SSSR count). The Morgan fingerprint density at radius 3 is 2.47 bits per heavy atom. The number of anilines is 1. The van der Waals surface area contributed by atoms with Gasteiger partial charge in [0.15, 0.2) is 11.5 Å². The molecule has 196 valence electrons. The molecule has 9 nitrogen and oxygen atoms in total. The van der Waals surface area contributed by atoms with E-state index in [1.807, 2.05) is 25.1 Å². The topological polar surface area (TPSA) is 110 Å². The van der Waals surface area contributed by atoms with Crippen molar-refractivity contribution in [2.75, 3.05) is 25.1 Å². The van der Waals surface area contributed by atoms with E-state index in [1.165, 1.54) is 38.6 Å². The zero-order chi connectivity index (χ0) is 27.3. The van der Waals surface area contributed by atoms with E-state index in [9.17, 15) is 13.2 Å². The van der Waals surface area contributed by atoms with Gasteiger partial charge in [0.25, 0.3) is 15.9 Å². The third kappa shape index (κ3) is 5.87. The number of hydrazone groups is 1. The number of benzene rings is 3. The maximum absolute atomic E-state index is 13.6. The zero-order valence-electron chi connectivity index (χ0n) is 20.9. The zero-order valence-corrected chi connectivity index (χ0v) is 22.5. The van der Waals surface area contributed by atoms with Crippen molar-refractivity contribution >= 4 is 50.3 Å². The Labute approximate surface area is 225 Å². The fourth-order valence-electron chi connectivity index (χ4n) is 3.71. The van der Waals surface area contributed by atoms with Crippen LogP contribution in [-0.2, 0) is 14.8 Å². The number of para-hydroxylation sites is 1. The molecule has 1 N–H and O–H groups in total. The van der Waals surface area contributed by atoms with Gasteiger partial charge in [0, 0.05) is 17.0 Å².